The number of rotatable bonds is 1. The van der Waals surface area contributed by atoms with Gasteiger partial charge in [-0.2, -0.15) is 8.42 Å². The zero-order valence-corrected chi connectivity index (χ0v) is 6.75. The lowest BCUT2D eigenvalue weighted by Gasteiger charge is -1.99. The highest BCUT2D eigenvalue weighted by Gasteiger charge is 2.10. The summed E-state index contributed by atoms with van der Waals surface area (Å²) in [6.07, 6.45) is 0. The van der Waals surface area contributed by atoms with Crippen LogP contribution >= 0.6 is 0 Å². The van der Waals surface area contributed by atoms with Gasteiger partial charge in [-0.05, 0) is 23.8 Å². The van der Waals surface area contributed by atoms with Crippen LogP contribution in [0, 0.1) is 6.92 Å². The summed E-state index contributed by atoms with van der Waals surface area (Å²) in [7, 11) is -4.23. The van der Waals surface area contributed by atoms with Crippen molar-refractivity contribution in [2.24, 2.45) is 0 Å². The van der Waals surface area contributed by atoms with E-state index in [1.165, 1.54) is 0 Å². The molecule has 64 valence electrons. The third-order valence-electron chi connectivity index (χ3n) is 1.30. The number of phenolic OH excluding ortho intramolecular Hbond substituents is 1. The first-order chi connectivity index (χ1) is 5.41. The van der Waals surface area contributed by atoms with Crippen LogP contribution in [-0.4, -0.2) is 18.1 Å². The summed E-state index contributed by atoms with van der Waals surface area (Å²) in [5.41, 5.74) is -0.0925. The Kier molecular flexibility index (Phi) is 2.08. The van der Waals surface area contributed by atoms with Crippen LogP contribution in [0.25, 0.3) is 0 Å². The molecular formula is C7H6O4S. The van der Waals surface area contributed by atoms with Crippen LogP contribution in [0.1, 0.15) is 5.56 Å². The van der Waals surface area contributed by atoms with E-state index in [-0.39, 0.29) is 16.2 Å². The van der Waals surface area contributed by atoms with Crippen molar-refractivity contribution < 1.29 is 18.1 Å². The Balaban J connectivity index is 3.33. The van der Waals surface area contributed by atoms with Gasteiger partial charge in [0, 0.05) is 6.92 Å². The first-order valence-electron chi connectivity index (χ1n) is 2.97. The summed E-state index contributed by atoms with van der Waals surface area (Å²) in [6, 6.07) is 3.13. The van der Waals surface area contributed by atoms with Gasteiger partial charge in [-0.25, -0.2) is 0 Å². The second-order valence-electron chi connectivity index (χ2n) is 2.20. The second-order valence-corrected chi connectivity index (χ2v) is 3.62. The Morgan fingerprint density at radius 2 is 1.92 bits per heavy atom. The Bertz CT molecular complexity index is 394. The van der Waals surface area contributed by atoms with Gasteiger partial charge in [0.2, 0.25) is 0 Å². The van der Waals surface area contributed by atoms with Gasteiger partial charge in [0.15, 0.2) is 0 Å². The van der Waals surface area contributed by atoms with Crippen LogP contribution in [0.3, 0.4) is 0 Å². The molecule has 0 amide bonds. The van der Waals surface area contributed by atoms with Crippen LogP contribution in [0.2, 0.25) is 0 Å². The molecular weight excluding hydrogens is 180 g/mol. The first-order valence-corrected chi connectivity index (χ1v) is 4.41. The van der Waals surface area contributed by atoms with Crippen LogP contribution in [0.15, 0.2) is 23.1 Å². The van der Waals surface area contributed by atoms with E-state index in [2.05, 4.69) is 0 Å². The number of hydrogen-bond acceptors (Lipinski definition) is 3. The zero-order chi connectivity index (χ0) is 9.35. The van der Waals surface area contributed by atoms with E-state index in [0.717, 1.165) is 18.2 Å². The largest absolute Gasteiger partial charge is 0.508 e. The molecule has 0 heterocycles. The molecule has 0 aromatic heterocycles. The van der Waals surface area contributed by atoms with E-state index in [1.807, 2.05) is 0 Å². The van der Waals surface area contributed by atoms with Crippen molar-refractivity contribution in [2.75, 3.05) is 0 Å². The molecule has 0 bridgehead atoms. The molecule has 5 heteroatoms. The highest BCUT2D eigenvalue weighted by molar-refractivity contribution is 7.85. The smallest absolute Gasteiger partial charge is 0.294 e. The van der Waals surface area contributed by atoms with Crippen molar-refractivity contribution in [1.82, 2.24) is 0 Å². The highest BCUT2D eigenvalue weighted by Crippen LogP contribution is 2.19. The predicted molar refractivity (Wildman–Crippen MR) is 41.3 cm³/mol. The number of phenols is 1. The molecule has 12 heavy (non-hydrogen) atoms. The fourth-order valence-corrected chi connectivity index (χ4v) is 1.21. The van der Waals surface area contributed by atoms with E-state index in [1.54, 1.807) is 0 Å². The number of hydrogen-bond donors (Lipinski definition) is 2. The molecule has 1 aromatic carbocycles. The quantitative estimate of drug-likeness (QED) is 0.633. The Labute approximate surface area is 70.2 Å². The Morgan fingerprint density at radius 1 is 1.33 bits per heavy atom. The van der Waals surface area contributed by atoms with Crippen molar-refractivity contribution >= 4 is 10.1 Å². The fraction of sp³-hybridized carbons (Fsp3) is 0. The van der Waals surface area contributed by atoms with Gasteiger partial charge in [-0.1, -0.05) is 0 Å². The van der Waals surface area contributed by atoms with Gasteiger partial charge in [0.1, 0.15) is 5.75 Å². The molecule has 0 saturated carbocycles. The molecule has 0 saturated heterocycles. The van der Waals surface area contributed by atoms with Crippen molar-refractivity contribution in [2.45, 2.75) is 4.90 Å². The van der Waals surface area contributed by atoms with Crippen LogP contribution in [0.4, 0.5) is 0 Å². The molecule has 1 rings (SSSR count). The maximum Gasteiger partial charge on any atom is 0.294 e. The fourth-order valence-electron chi connectivity index (χ4n) is 0.693. The van der Waals surface area contributed by atoms with E-state index in [0.29, 0.717) is 0 Å². The normalized spacial score (nSPS) is 11.5. The summed E-state index contributed by atoms with van der Waals surface area (Å²) in [6.45, 7) is 5.19. The van der Waals surface area contributed by atoms with Crippen LogP contribution in [-0.2, 0) is 10.1 Å². The maximum absolute atomic E-state index is 10.5. The van der Waals surface area contributed by atoms with E-state index in [9.17, 15) is 8.42 Å². The molecule has 0 aliphatic carbocycles. The maximum atomic E-state index is 10.5. The molecule has 0 fully saturated rings. The lowest BCUT2D eigenvalue weighted by Crippen LogP contribution is -1.97. The summed E-state index contributed by atoms with van der Waals surface area (Å²) in [4.78, 5) is -0.335. The van der Waals surface area contributed by atoms with Gasteiger partial charge in [-0.3, -0.25) is 4.55 Å². The molecule has 0 aliphatic heterocycles. The van der Waals surface area contributed by atoms with E-state index in [4.69, 9.17) is 16.6 Å². The van der Waals surface area contributed by atoms with Gasteiger partial charge < -0.3 is 5.11 Å². The zero-order valence-electron chi connectivity index (χ0n) is 5.93. The SMILES string of the molecule is [CH]c1cc(S(=O)(=O)O)ccc1O. The highest BCUT2D eigenvalue weighted by atomic mass is 32.2. The lowest BCUT2D eigenvalue weighted by molar-refractivity contribution is 0.470. The Hall–Kier alpha value is -1.07. The molecule has 1 aromatic rings. The van der Waals surface area contributed by atoms with Crippen LogP contribution in [0.5, 0.6) is 5.75 Å². The van der Waals surface area contributed by atoms with E-state index >= 15 is 0 Å². The minimum Gasteiger partial charge on any atom is -0.508 e. The van der Waals surface area contributed by atoms with E-state index < -0.39 is 10.1 Å². The minimum atomic E-state index is -4.23. The average molecular weight is 186 g/mol. The standard InChI is InChI=1S/C7H6O4S/c1-5-4-6(12(9,10)11)2-3-7(5)8/h1-4,8H,(H,9,10,11). The topological polar surface area (TPSA) is 74.6 Å². The number of aromatic hydroxyl groups is 1. The number of benzene rings is 1. The molecule has 0 unspecified atom stereocenters. The summed E-state index contributed by atoms with van der Waals surface area (Å²) in [5, 5.41) is 8.91. The predicted octanol–water partition coefficient (Wildman–Crippen LogP) is 0.698. The Morgan fingerprint density at radius 3 is 2.33 bits per heavy atom. The van der Waals surface area contributed by atoms with Gasteiger partial charge in [-0.15, -0.1) is 0 Å². The molecule has 0 atom stereocenters. The molecule has 2 radical (unpaired) electrons. The summed E-state index contributed by atoms with van der Waals surface area (Å²) < 4.78 is 29.6. The van der Waals surface area contributed by atoms with Gasteiger partial charge >= 0.3 is 0 Å². The van der Waals surface area contributed by atoms with Crippen LogP contribution < -0.4 is 0 Å². The average Bonchev–Trinajstić information content (AvgIpc) is 1.92. The monoisotopic (exact) mass is 186 g/mol. The third kappa shape index (κ3) is 1.75. The van der Waals surface area contributed by atoms with Crippen molar-refractivity contribution in [1.29, 1.82) is 0 Å². The lowest BCUT2D eigenvalue weighted by atomic mass is 10.2. The van der Waals surface area contributed by atoms with Crippen molar-refractivity contribution in [3.05, 3.63) is 30.7 Å². The summed E-state index contributed by atoms with van der Waals surface area (Å²) in [5.74, 6) is -0.220. The molecule has 4 nitrogen and oxygen atoms in total. The molecule has 0 aliphatic rings. The third-order valence-corrected chi connectivity index (χ3v) is 2.15. The molecule has 2 N–H and O–H groups in total. The second kappa shape index (κ2) is 2.76. The van der Waals surface area contributed by atoms with Gasteiger partial charge in [0.05, 0.1) is 4.90 Å². The minimum absolute atomic E-state index is 0.0925. The summed E-state index contributed by atoms with van der Waals surface area (Å²) >= 11 is 0. The first kappa shape index (κ1) is 9.02. The molecule has 0 spiro atoms. The van der Waals surface area contributed by atoms with Gasteiger partial charge in [0.25, 0.3) is 10.1 Å². The van der Waals surface area contributed by atoms with Crippen molar-refractivity contribution in [3.8, 4) is 5.75 Å². The van der Waals surface area contributed by atoms with Crippen molar-refractivity contribution in [3.63, 3.8) is 0 Å².